The van der Waals surface area contributed by atoms with Gasteiger partial charge in [0.1, 0.15) is 23.9 Å². The van der Waals surface area contributed by atoms with E-state index in [1.54, 1.807) is 19.1 Å². The molecule has 73 heavy (non-hydrogen) atoms. The maximum absolute atomic E-state index is 15.0. The van der Waals surface area contributed by atoms with E-state index in [-0.39, 0.29) is 128 Å². The van der Waals surface area contributed by atoms with E-state index in [2.05, 4.69) is 25.7 Å². The van der Waals surface area contributed by atoms with E-state index in [0.717, 1.165) is 12.0 Å². The van der Waals surface area contributed by atoms with E-state index in [0.29, 0.717) is 19.3 Å². The second-order valence-electron chi connectivity index (χ2n) is 18.9. The summed E-state index contributed by atoms with van der Waals surface area (Å²) in [5.74, 6) is -2.34. The lowest BCUT2D eigenvalue weighted by Gasteiger charge is -2.23. The van der Waals surface area contributed by atoms with Gasteiger partial charge in [0.2, 0.25) is 11.8 Å². The Morgan fingerprint density at radius 2 is 1.45 bits per heavy atom. The van der Waals surface area contributed by atoms with Crippen LogP contribution in [0.25, 0.3) is 0 Å². The van der Waals surface area contributed by atoms with Gasteiger partial charge in [0.15, 0.2) is 24.6 Å². The summed E-state index contributed by atoms with van der Waals surface area (Å²) in [4.78, 5) is 91.2. The number of amides is 4. The highest BCUT2D eigenvalue weighted by molar-refractivity contribution is 7.62. The molecule has 0 aliphatic carbocycles. The number of halogens is 2. The number of Topliss-reactive ketones (excluding diaryl/α,β-unsaturated/α-hetero) is 2. The van der Waals surface area contributed by atoms with Crippen LogP contribution >= 0.6 is 7.29 Å². The average Bonchev–Trinajstić information content (AvgIpc) is 3.89. The van der Waals surface area contributed by atoms with Gasteiger partial charge in [-0.3, -0.25) is 43.8 Å². The predicted molar refractivity (Wildman–Crippen MR) is 270 cm³/mol. The van der Waals surface area contributed by atoms with Crippen LogP contribution in [-0.2, 0) is 36.8 Å². The monoisotopic (exact) mass is 1030 g/mol. The maximum atomic E-state index is 15.0. The molecule has 7 rings (SSSR count). The number of aliphatic imine (C=N–C) groups is 2. The zero-order chi connectivity index (χ0) is 52.2. The minimum absolute atomic E-state index is 0.0606. The molecule has 392 valence electrons. The number of nitrogens with one attached hydrogen (secondary N) is 3. The van der Waals surface area contributed by atoms with Crippen LogP contribution < -0.4 is 29.9 Å². The molecule has 2 saturated heterocycles. The van der Waals surface area contributed by atoms with Crippen molar-refractivity contribution in [2.75, 3.05) is 58.8 Å². The fraction of sp³-hybridized carbons (Fsp3) is 0.500. The molecule has 3 aromatic carbocycles. The molecule has 1 unspecified atom stereocenters. The summed E-state index contributed by atoms with van der Waals surface area (Å²) >= 11 is 0. The van der Waals surface area contributed by atoms with Gasteiger partial charge in [-0.15, -0.1) is 0 Å². The quantitative estimate of drug-likeness (QED) is 0.0565. The molecule has 4 aliphatic heterocycles. The number of aliphatic hydroxyl groups excluding tert-OH is 1. The molecular weight excluding hydrogens is 968 g/mol. The summed E-state index contributed by atoms with van der Waals surface area (Å²) < 4.78 is 61.3. The molecule has 21 heteroatoms. The number of aliphatic hydroxyl groups is 1. The van der Waals surface area contributed by atoms with Crippen molar-refractivity contribution in [3.05, 3.63) is 76.9 Å². The lowest BCUT2D eigenvalue weighted by molar-refractivity contribution is -0.131. The third-order valence-corrected chi connectivity index (χ3v) is 15.9. The van der Waals surface area contributed by atoms with Crippen LogP contribution in [0.3, 0.4) is 0 Å². The molecule has 0 bridgehead atoms. The van der Waals surface area contributed by atoms with Gasteiger partial charge in [0.05, 0.1) is 87.2 Å². The highest BCUT2D eigenvalue weighted by atomic mass is 31.2. The van der Waals surface area contributed by atoms with Crippen LogP contribution in [0.1, 0.15) is 90.6 Å². The Morgan fingerprint density at radius 3 is 2.05 bits per heavy atom. The van der Waals surface area contributed by atoms with Gasteiger partial charge in [-0.05, 0) is 37.0 Å². The Kier molecular flexibility index (Phi) is 18.7. The SMILES string of the molecule is CCCC(=O)CCCNC(=O)[C@H](C)CC(=O)[C@H](Cc1ccccc1)NC(=O)CNP(=O)(CCOc1cc2c(cc1CO)C(=O)N1C[C@H](F)C[C@H]1C=N2)CCOc1cc2c(cc1OC)C(=O)N1C[C@H](F)C[C@H]1C=N2. The van der Waals surface area contributed by atoms with Gasteiger partial charge in [-0.2, -0.15) is 0 Å². The summed E-state index contributed by atoms with van der Waals surface area (Å²) in [6, 6.07) is 12.9. The Labute approximate surface area is 423 Å². The largest absolute Gasteiger partial charge is 0.493 e. The molecule has 4 amide bonds. The average molecular weight is 1030 g/mol. The minimum Gasteiger partial charge on any atom is -0.493 e. The van der Waals surface area contributed by atoms with Gasteiger partial charge in [0, 0.05) is 87.0 Å². The predicted octanol–water partition coefficient (Wildman–Crippen LogP) is 5.64. The van der Waals surface area contributed by atoms with Crippen LogP contribution in [0.2, 0.25) is 0 Å². The van der Waals surface area contributed by atoms with Crippen molar-refractivity contribution in [1.29, 1.82) is 0 Å². The molecule has 0 aromatic heterocycles. The molecule has 18 nitrogen and oxygen atoms in total. The van der Waals surface area contributed by atoms with Crippen molar-refractivity contribution in [2.45, 2.75) is 102 Å². The third kappa shape index (κ3) is 14.0. The number of hydrogen-bond donors (Lipinski definition) is 4. The summed E-state index contributed by atoms with van der Waals surface area (Å²) in [7, 11) is -2.29. The van der Waals surface area contributed by atoms with Crippen LogP contribution in [0, 0.1) is 5.92 Å². The number of ketones is 2. The van der Waals surface area contributed by atoms with Crippen molar-refractivity contribution < 1.29 is 61.4 Å². The molecule has 0 spiro atoms. The smallest absolute Gasteiger partial charge is 0.256 e. The lowest BCUT2D eigenvalue weighted by atomic mass is 9.95. The van der Waals surface area contributed by atoms with Crippen LogP contribution in [0.15, 0.2) is 64.6 Å². The van der Waals surface area contributed by atoms with Crippen molar-refractivity contribution in [3.8, 4) is 17.2 Å². The number of nitrogens with zero attached hydrogens (tertiary/aromatic N) is 4. The van der Waals surface area contributed by atoms with Crippen molar-refractivity contribution in [2.24, 2.45) is 15.9 Å². The normalized spacial score (nSPS) is 20.4. The highest BCUT2D eigenvalue weighted by Gasteiger charge is 2.39. The fourth-order valence-corrected chi connectivity index (χ4v) is 11.1. The topological polar surface area (TPSA) is 235 Å². The molecular formula is C52H64F2N7O11P. The Hall–Kier alpha value is -6.37. The standard InChI is InChI=1S/C52H64F2N7O11P/c1-4-9-39(63)12-8-13-55-50(66)32(2)18-45(64)44(19-33-10-6-5-7-11-33)59-49(65)28-58-73(69,16-14-71-46-24-42-40(20-34(46)31-62)51(67)60-29-35(53)21-37(60)26-56-42)17-15-72-48-25-43-41(23-47(48)70-3)52(68)61-30-36(54)22-38(61)27-57-43/h5-7,10-11,20,23-27,32,35-38,44,62H,4,8-9,12-19,21-22,28-31H2,1-3H3,(H,55,66)(H,58,69)(H,59,65)/t32-,35-,36-,37+,38+,44+,73?/m1/s1. The summed E-state index contributed by atoms with van der Waals surface area (Å²) in [5.41, 5.74) is 1.90. The van der Waals surface area contributed by atoms with E-state index in [1.807, 2.05) is 25.1 Å². The van der Waals surface area contributed by atoms with Gasteiger partial charge >= 0.3 is 0 Å². The van der Waals surface area contributed by atoms with Gasteiger partial charge < -0.3 is 44.3 Å². The first kappa shape index (κ1) is 54.4. The second kappa shape index (κ2) is 25.0. The second-order valence-corrected chi connectivity index (χ2v) is 21.8. The van der Waals surface area contributed by atoms with E-state index in [1.165, 1.54) is 53.6 Å². The highest BCUT2D eigenvalue weighted by Crippen LogP contribution is 2.43. The zero-order valence-corrected chi connectivity index (χ0v) is 42.3. The molecule has 0 radical (unpaired) electrons. The first-order valence-electron chi connectivity index (χ1n) is 24.8. The van der Waals surface area contributed by atoms with Crippen molar-refractivity contribution in [3.63, 3.8) is 0 Å². The van der Waals surface area contributed by atoms with Crippen LogP contribution in [0.4, 0.5) is 20.2 Å². The number of carbonyl (C=O) groups excluding carboxylic acids is 6. The zero-order valence-electron chi connectivity index (χ0n) is 41.4. The molecule has 3 aromatic rings. The molecule has 4 aliphatic rings. The van der Waals surface area contributed by atoms with Gasteiger partial charge in [-0.1, -0.05) is 44.2 Å². The number of ether oxygens (including phenoxy) is 3. The third-order valence-electron chi connectivity index (χ3n) is 13.3. The Bertz CT molecular complexity index is 2520. The molecule has 4 heterocycles. The fourth-order valence-electron chi connectivity index (χ4n) is 9.31. The van der Waals surface area contributed by atoms with E-state index in [9.17, 15) is 47.2 Å². The first-order chi connectivity index (χ1) is 35.1. The first-order valence-corrected chi connectivity index (χ1v) is 26.9. The number of alkyl halides is 2. The molecule has 0 saturated carbocycles. The maximum Gasteiger partial charge on any atom is 0.256 e. The Morgan fingerprint density at radius 1 is 0.849 bits per heavy atom. The number of carbonyl (C=O) groups is 6. The van der Waals surface area contributed by atoms with Gasteiger partial charge in [-0.25, -0.2) is 8.78 Å². The number of methoxy groups -OCH3 is 1. The van der Waals surface area contributed by atoms with Crippen molar-refractivity contribution in [1.82, 2.24) is 25.5 Å². The number of benzene rings is 3. The van der Waals surface area contributed by atoms with Gasteiger partial charge in [0.25, 0.3) is 11.8 Å². The van der Waals surface area contributed by atoms with Crippen molar-refractivity contribution >= 4 is 66.3 Å². The van der Waals surface area contributed by atoms with E-state index < -0.39 is 80.3 Å². The van der Waals surface area contributed by atoms with E-state index in [4.69, 9.17) is 14.2 Å². The lowest BCUT2D eigenvalue weighted by Crippen LogP contribution is -2.46. The number of hydrogen-bond acceptors (Lipinski definition) is 13. The van der Waals surface area contributed by atoms with Crippen LogP contribution in [-0.4, -0.2) is 152 Å². The van der Waals surface area contributed by atoms with Crippen LogP contribution in [0.5, 0.6) is 17.2 Å². The Balaban J connectivity index is 1.05. The summed E-state index contributed by atoms with van der Waals surface area (Å²) in [5, 5.41) is 18.8. The molecule has 4 N–H and O–H groups in total. The number of rotatable bonds is 26. The molecule has 7 atom stereocenters. The number of fused-ring (bicyclic) bond motifs is 4. The summed E-state index contributed by atoms with van der Waals surface area (Å²) in [6.07, 6.45) is 2.57. The minimum atomic E-state index is -3.68. The summed E-state index contributed by atoms with van der Waals surface area (Å²) in [6.45, 7) is 2.24. The van der Waals surface area contributed by atoms with E-state index >= 15 is 0 Å². The molecule has 2 fully saturated rings.